The van der Waals surface area contributed by atoms with Crippen LogP contribution in [-0.2, 0) is 13.1 Å². The van der Waals surface area contributed by atoms with E-state index in [1.165, 1.54) is 6.20 Å². The molecule has 0 aliphatic heterocycles. The lowest BCUT2D eigenvalue weighted by molar-refractivity contribution is 0.101. The molecule has 0 spiro atoms. The summed E-state index contributed by atoms with van der Waals surface area (Å²) >= 11 is 18.0. The van der Waals surface area contributed by atoms with Crippen molar-refractivity contribution in [2.24, 2.45) is 0 Å². The van der Waals surface area contributed by atoms with E-state index in [1.807, 2.05) is 6.07 Å². The predicted molar refractivity (Wildman–Crippen MR) is 113 cm³/mol. The first-order valence-corrected chi connectivity index (χ1v) is 9.94. The number of hydrogen-bond donors (Lipinski definition) is 1. The van der Waals surface area contributed by atoms with Crippen LogP contribution in [0.25, 0.3) is 0 Å². The molecule has 0 bridgehead atoms. The molecular weight excluding hydrogens is 451 g/mol. The number of aromatic nitrogens is 5. The van der Waals surface area contributed by atoms with E-state index in [-0.39, 0.29) is 5.69 Å². The molecule has 0 unspecified atom stereocenters. The van der Waals surface area contributed by atoms with Crippen molar-refractivity contribution >= 4 is 46.5 Å². The number of aryl methyl sites for hydroxylation is 1. The molecule has 3 aromatic heterocycles. The van der Waals surface area contributed by atoms with Gasteiger partial charge in [-0.15, -0.1) is 0 Å². The molecule has 0 fully saturated rings. The molecule has 4 rings (SSSR count). The first kappa shape index (κ1) is 20.5. The topological polar surface area (TPSA) is 90.8 Å². The summed E-state index contributed by atoms with van der Waals surface area (Å²) in [7, 11) is 0. The number of amides is 1. The van der Waals surface area contributed by atoms with Crippen LogP contribution < -0.4 is 5.32 Å². The van der Waals surface area contributed by atoms with E-state index in [9.17, 15) is 4.79 Å². The normalized spacial score (nSPS) is 11.1. The summed E-state index contributed by atoms with van der Waals surface area (Å²) in [6.07, 6.45) is 4.91. The zero-order valence-corrected chi connectivity index (χ0v) is 17.9. The third kappa shape index (κ3) is 4.51. The Bertz CT molecular complexity index is 1210. The van der Waals surface area contributed by atoms with Gasteiger partial charge in [0.15, 0.2) is 11.5 Å². The molecule has 11 heteroatoms. The molecule has 8 nitrogen and oxygen atoms in total. The standard InChI is InChI=1S/C19H15Cl3N6O2/c1-11-15(10-28-9-14(21)7-23-28)18(26-30-11)19(29)24-17-4-5-27(25-17)8-12-2-3-13(20)6-16(12)22/h2-7,9H,8,10H2,1H3,(H,24,25,29). The smallest absolute Gasteiger partial charge is 0.279 e. The molecule has 4 aromatic rings. The molecule has 0 aliphatic carbocycles. The van der Waals surface area contributed by atoms with Crippen molar-refractivity contribution in [1.82, 2.24) is 24.7 Å². The van der Waals surface area contributed by atoms with Gasteiger partial charge in [0.05, 0.1) is 24.3 Å². The van der Waals surface area contributed by atoms with E-state index < -0.39 is 5.91 Å². The second-order valence-corrected chi connectivity index (χ2v) is 7.79. The summed E-state index contributed by atoms with van der Waals surface area (Å²) in [5, 5.41) is 16.7. The van der Waals surface area contributed by atoms with E-state index in [4.69, 9.17) is 39.3 Å². The van der Waals surface area contributed by atoms with E-state index in [0.717, 1.165) is 5.56 Å². The molecular formula is C19H15Cl3N6O2. The molecule has 154 valence electrons. The van der Waals surface area contributed by atoms with Crippen molar-refractivity contribution < 1.29 is 9.32 Å². The zero-order chi connectivity index (χ0) is 21.3. The molecule has 3 heterocycles. The first-order chi connectivity index (χ1) is 14.4. The highest BCUT2D eigenvalue weighted by atomic mass is 35.5. The van der Waals surface area contributed by atoms with Crippen LogP contribution in [0.4, 0.5) is 5.82 Å². The van der Waals surface area contributed by atoms with Gasteiger partial charge in [0, 0.05) is 34.1 Å². The minimum Gasteiger partial charge on any atom is -0.361 e. The van der Waals surface area contributed by atoms with Gasteiger partial charge in [-0.05, 0) is 24.6 Å². The molecule has 1 N–H and O–H groups in total. The highest BCUT2D eigenvalue weighted by Gasteiger charge is 2.21. The largest absolute Gasteiger partial charge is 0.361 e. The maximum atomic E-state index is 12.7. The van der Waals surface area contributed by atoms with Crippen LogP contribution in [0.5, 0.6) is 0 Å². The van der Waals surface area contributed by atoms with Gasteiger partial charge in [-0.3, -0.25) is 14.2 Å². The number of nitrogens with zero attached hydrogens (tertiary/aromatic N) is 5. The molecule has 0 atom stereocenters. The highest BCUT2D eigenvalue weighted by Crippen LogP contribution is 2.22. The number of halogens is 3. The summed E-state index contributed by atoms with van der Waals surface area (Å²) in [5.74, 6) is 0.461. The molecule has 1 aromatic carbocycles. The number of carbonyl (C=O) groups excluding carboxylic acids is 1. The number of benzene rings is 1. The fourth-order valence-electron chi connectivity index (χ4n) is 2.86. The van der Waals surface area contributed by atoms with E-state index in [1.54, 1.807) is 46.9 Å². The van der Waals surface area contributed by atoms with Crippen molar-refractivity contribution in [3.05, 3.63) is 80.5 Å². The third-order valence-corrected chi connectivity index (χ3v) is 5.13. The van der Waals surface area contributed by atoms with Crippen molar-refractivity contribution in [3.8, 4) is 0 Å². The van der Waals surface area contributed by atoms with Gasteiger partial charge < -0.3 is 9.84 Å². The number of nitrogens with one attached hydrogen (secondary N) is 1. The Hall–Kier alpha value is -2.81. The van der Waals surface area contributed by atoms with Gasteiger partial charge in [0.25, 0.3) is 5.91 Å². The van der Waals surface area contributed by atoms with E-state index >= 15 is 0 Å². The van der Waals surface area contributed by atoms with Gasteiger partial charge in [0.2, 0.25) is 0 Å². The van der Waals surface area contributed by atoms with Crippen molar-refractivity contribution in [1.29, 1.82) is 0 Å². The molecule has 0 saturated heterocycles. The first-order valence-electron chi connectivity index (χ1n) is 8.81. The number of hydrogen-bond acceptors (Lipinski definition) is 5. The van der Waals surface area contributed by atoms with Crippen molar-refractivity contribution in [2.45, 2.75) is 20.0 Å². The quantitative estimate of drug-likeness (QED) is 0.446. The second kappa shape index (κ2) is 8.51. The summed E-state index contributed by atoms with van der Waals surface area (Å²) in [5.41, 5.74) is 1.63. The molecule has 0 radical (unpaired) electrons. The van der Waals surface area contributed by atoms with E-state index in [2.05, 4.69) is 20.7 Å². The Labute approximate surface area is 186 Å². The number of anilines is 1. The van der Waals surface area contributed by atoms with Crippen LogP contribution in [0.2, 0.25) is 15.1 Å². The highest BCUT2D eigenvalue weighted by molar-refractivity contribution is 6.35. The fourth-order valence-corrected chi connectivity index (χ4v) is 3.48. The lowest BCUT2D eigenvalue weighted by atomic mass is 10.2. The minimum atomic E-state index is -0.435. The molecule has 30 heavy (non-hydrogen) atoms. The van der Waals surface area contributed by atoms with Crippen molar-refractivity contribution in [3.63, 3.8) is 0 Å². The summed E-state index contributed by atoms with van der Waals surface area (Å²) in [4.78, 5) is 12.7. The Morgan fingerprint density at radius 1 is 1.13 bits per heavy atom. The SMILES string of the molecule is Cc1onc(C(=O)Nc2ccn(Cc3ccc(Cl)cc3Cl)n2)c1Cn1cc(Cl)cn1. The van der Waals surface area contributed by atoms with Crippen molar-refractivity contribution in [2.75, 3.05) is 5.32 Å². The Balaban J connectivity index is 1.47. The second-order valence-electron chi connectivity index (χ2n) is 6.51. The zero-order valence-electron chi connectivity index (χ0n) is 15.6. The Morgan fingerprint density at radius 3 is 2.70 bits per heavy atom. The minimum absolute atomic E-state index is 0.161. The van der Waals surface area contributed by atoms with Gasteiger partial charge >= 0.3 is 0 Å². The monoisotopic (exact) mass is 464 g/mol. The van der Waals surface area contributed by atoms with Crippen LogP contribution in [0.15, 0.2) is 47.4 Å². The summed E-state index contributed by atoms with van der Waals surface area (Å²) in [6, 6.07) is 6.94. The summed E-state index contributed by atoms with van der Waals surface area (Å²) in [6.45, 7) is 2.46. The van der Waals surface area contributed by atoms with Gasteiger partial charge in [-0.25, -0.2) is 0 Å². The maximum absolute atomic E-state index is 12.7. The Kier molecular flexibility index (Phi) is 5.80. The average Bonchev–Trinajstić information content (AvgIpc) is 3.40. The third-order valence-electron chi connectivity index (χ3n) is 4.35. The van der Waals surface area contributed by atoms with Crippen LogP contribution in [-0.4, -0.2) is 30.6 Å². The fraction of sp³-hybridized carbons (Fsp3) is 0.158. The van der Waals surface area contributed by atoms with E-state index in [0.29, 0.717) is 45.3 Å². The van der Waals surface area contributed by atoms with Crippen LogP contribution in [0.1, 0.15) is 27.4 Å². The van der Waals surface area contributed by atoms with Gasteiger partial charge in [-0.1, -0.05) is 46.0 Å². The molecule has 0 saturated carbocycles. The number of carbonyl (C=O) groups is 1. The molecule has 1 amide bonds. The van der Waals surface area contributed by atoms with Gasteiger partial charge in [0.1, 0.15) is 5.76 Å². The lowest BCUT2D eigenvalue weighted by Crippen LogP contribution is -2.16. The predicted octanol–water partition coefficient (Wildman–Crippen LogP) is 4.69. The average molecular weight is 466 g/mol. The Morgan fingerprint density at radius 2 is 1.97 bits per heavy atom. The van der Waals surface area contributed by atoms with Gasteiger partial charge in [-0.2, -0.15) is 10.2 Å². The molecule has 0 aliphatic rings. The summed E-state index contributed by atoms with van der Waals surface area (Å²) < 4.78 is 8.46. The lowest BCUT2D eigenvalue weighted by Gasteiger charge is -2.05. The van der Waals surface area contributed by atoms with Crippen LogP contribution in [0, 0.1) is 6.92 Å². The van der Waals surface area contributed by atoms with Crippen LogP contribution >= 0.6 is 34.8 Å². The maximum Gasteiger partial charge on any atom is 0.279 e. The number of rotatable bonds is 6. The van der Waals surface area contributed by atoms with Crippen LogP contribution in [0.3, 0.4) is 0 Å².